The van der Waals surface area contributed by atoms with Gasteiger partial charge in [-0.05, 0) is 48.4 Å². The Morgan fingerprint density at radius 3 is 2.29 bits per heavy atom. The van der Waals surface area contributed by atoms with Crippen molar-refractivity contribution in [2.45, 2.75) is 39.5 Å². The molecule has 1 aromatic heterocycles. The quantitative estimate of drug-likeness (QED) is 0.764. The monoisotopic (exact) mass is 324 g/mol. The number of carbonyl (C=O) groups excluding carboxylic acids is 1. The van der Waals surface area contributed by atoms with Crippen LogP contribution in [0.2, 0.25) is 0 Å². The van der Waals surface area contributed by atoms with Gasteiger partial charge in [0.1, 0.15) is 0 Å². The van der Waals surface area contributed by atoms with E-state index in [0.717, 1.165) is 13.0 Å². The second kappa shape index (κ2) is 8.62. The number of amides is 1. The fourth-order valence-electron chi connectivity index (χ4n) is 2.87. The lowest BCUT2D eigenvalue weighted by Gasteiger charge is -2.24. The number of hydrogen-bond acceptors (Lipinski definition) is 2. The van der Waals surface area contributed by atoms with Crippen LogP contribution in [0.25, 0.3) is 0 Å². The van der Waals surface area contributed by atoms with E-state index in [-0.39, 0.29) is 11.8 Å². The highest BCUT2D eigenvalue weighted by Crippen LogP contribution is 2.28. The molecule has 0 aliphatic carbocycles. The first-order chi connectivity index (χ1) is 11.5. The predicted molar refractivity (Wildman–Crippen MR) is 99.0 cm³/mol. The number of nitrogens with zero attached hydrogens (tertiary/aromatic N) is 2. The number of pyridine rings is 1. The maximum Gasteiger partial charge on any atom is 0.222 e. The Bertz CT molecular complexity index is 635. The molecule has 0 saturated heterocycles. The molecule has 2 rings (SSSR count). The smallest absolute Gasteiger partial charge is 0.222 e. The highest BCUT2D eigenvalue weighted by molar-refractivity contribution is 5.77. The van der Waals surface area contributed by atoms with E-state index in [0.29, 0.717) is 12.3 Å². The van der Waals surface area contributed by atoms with Gasteiger partial charge < -0.3 is 4.90 Å². The molecule has 128 valence electrons. The van der Waals surface area contributed by atoms with Gasteiger partial charge in [0.2, 0.25) is 5.91 Å². The third-order valence-electron chi connectivity index (χ3n) is 4.62. The van der Waals surface area contributed by atoms with E-state index in [9.17, 15) is 4.79 Å². The number of aromatic nitrogens is 1. The highest BCUT2D eigenvalue weighted by atomic mass is 16.2. The summed E-state index contributed by atoms with van der Waals surface area (Å²) in [6, 6.07) is 12.6. The Balaban J connectivity index is 1.95. The average molecular weight is 324 g/mol. The lowest BCUT2D eigenvalue weighted by molar-refractivity contribution is -0.130. The van der Waals surface area contributed by atoms with Crippen LogP contribution < -0.4 is 0 Å². The molecule has 1 unspecified atom stereocenters. The van der Waals surface area contributed by atoms with E-state index in [4.69, 9.17) is 0 Å². The first kappa shape index (κ1) is 18.2. The van der Waals surface area contributed by atoms with Crippen molar-refractivity contribution in [2.24, 2.45) is 5.92 Å². The Hall–Kier alpha value is -2.16. The van der Waals surface area contributed by atoms with Crippen molar-refractivity contribution >= 4 is 5.91 Å². The van der Waals surface area contributed by atoms with Crippen molar-refractivity contribution in [1.29, 1.82) is 0 Å². The van der Waals surface area contributed by atoms with E-state index >= 15 is 0 Å². The second-order valence-corrected chi connectivity index (χ2v) is 6.89. The Kier molecular flexibility index (Phi) is 6.53. The Morgan fingerprint density at radius 1 is 1.08 bits per heavy atom. The van der Waals surface area contributed by atoms with Crippen LogP contribution in [-0.2, 0) is 11.2 Å². The zero-order valence-corrected chi connectivity index (χ0v) is 15.2. The van der Waals surface area contributed by atoms with Crippen molar-refractivity contribution in [2.75, 3.05) is 13.6 Å². The van der Waals surface area contributed by atoms with Gasteiger partial charge in [0.05, 0.1) is 0 Å². The normalized spacial score (nSPS) is 12.2. The van der Waals surface area contributed by atoms with Gasteiger partial charge in [0.25, 0.3) is 0 Å². The fraction of sp³-hybridized carbons (Fsp3) is 0.429. The highest BCUT2D eigenvalue weighted by Gasteiger charge is 2.21. The molecule has 3 heteroatoms. The third-order valence-corrected chi connectivity index (χ3v) is 4.62. The number of carbonyl (C=O) groups is 1. The van der Waals surface area contributed by atoms with Crippen LogP contribution in [0.4, 0.5) is 0 Å². The van der Waals surface area contributed by atoms with Gasteiger partial charge in [-0.25, -0.2) is 0 Å². The van der Waals surface area contributed by atoms with E-state index in [2.05, 4.69) is 50.0 Å². The van der Waals surface area contributed by atoms with Gasteiger partial charge in [-0.15, -0.1) is 0 Å². The van der Waals surface area contributed by atoms with Gasteiger partial charge in [-0.3, -0.25) is 9.78 Å². The molecule has 2 aromatic rings. The van der Waals surface area contributed by atoms with Crippen molar-refractivity contribution in [3.8, 4) is 0 Å². The minimum Gasteiger partial charge on any atom is -0.345 e. The van der Waals surface area contributed by atoms with Crippen LogP contribution in [0.5, 0.6) is 0 Å². The number of aryl methyl sites for hydroxylation is 1. The molecule has 0 fully saturated rings. The van der Waals surface area contributed by atoms with Crippen LogP contribution in [0.1, 0.15) is 42.9 Å². The minimum absolute atomic E-state index is 0.211. The van der Waals surface area contributed by atoms with Gasteiger partial charge in [-0.2, -0.15) is 0 Å². The van der Waals surface area contributed by atoms with Gasteiger partial charge >= 0.3 is 0 Å². The number of likely N-dealkylation sites (N-methyl/N-ethyl adjacent to an activating group) is 1. The lowest BCUT2D eigenvalue weighted by Crippen LogP contribution is -2.30. The molecular formula is C21H28N2O. The molecule has 0 spiro atoms. The SMILES string of the molecule is Cc1ccc(C(CC(=O)N(C)CCc2ccncc2)C(C)C)cc1. The van der Waals surface area contributed by atoms with Crippen LogP contribution in [0, 0.1) is 12.8 Å². The summed E-state index contributed by atoms with van der Waals surface area (Å²) >= 11 is 0. The number of rotatable bonds is 7. The summed E-state index contributed by atoms with van der Waals surface area (Å²) in [6.07, 6.45) is 5.02. The van der Waals surface area contributed by atoms with Gasteiger partial charge in [0.15, 0.2) is 0 Å². The first-order valence-corrected chi connectivity index (χ1v) is 8.67. The van der Waals surface area contributed by atoms with Crippen molar-refractivity contribution in [3.63, 3.8) is 0 Å². The minimum atomic E-state index is 0.211. The van der Waals surface area contributed by atoms with Gasteiger partial charge in [0, 0.05) is 32.4 Å². The molecule has 0 aliphatic heterocycles. The molecule has 3 nitrogen and oxygen atoms in total. The largest absolute Gasteiger partial charge is 0.345 e. The summed E-state index contributed by atoms with van der Waals surface area (Å²) in [6.45, 7) is 7.21. The molecule has 24 heavy (non-hydrogen) atoms. The average Bonchev–Trinajstić information content (AvgIpc) is 2.59. The maximum absolute atomic E-state index is 12.6. The Labute approximate surface area is 145 Å². The molecule has 0 radical (unpaired) electrons. The van der Waals surface area contributed by atoms with E-state index < -0.39 is 0 Å². The molecule has 0 bridgehead atoms. The molecule has 1 aromatic carbocycles. The summed E-state index contributed by atoms with van der Waals surface area (Å²) in [4.78, 5) is 18.5. The van der Waals surface area contributed by atoms with Crippen LogP contribution in [0.15, 0.2) is 48.8 Å². The first-order valence-electron chi connectivity index (χ1n) is 8.67. The summed E-state index contributed by atoms with van der Waals surface area (Å²) in [5.41, 5.74) is 3.72. The van der Waals surface area contributed by atoms with Crippen LogP contribution in [0.3, 0.4) is 0 Å². The number of benzene rings is 1. The summed E-state index contributed by atoms with van der Waals surface area (Å²) in [5.74, 6) is 0.912. The molecule has 0 saturated carbocycles. The lowest BCUT2D eigenvalue weighted by atomic mass is 9.85. The zero-order valence-electron chi connectivity index (χ0n) is 15.2. The second-order valence-electron chi connectivity index (χ2n) is 6.89. The van der Waals surface area contributed by atoms with Crippen LogP contribution >= 0.6 is 0 Å². The fourth-order valence-corrected chi connectivity index (χ4v) is 2.87. The summed E-state index contributed by atoms with van der Waals surface area (Å²) < 4.78 is 0. The van der Waals surface area contributed by atoms with Crippen molar-refractivity contribution in [3.05, 3.63) is 65.5 Å². The number of hydrogen-bond donors (Lipinski definition) is 0. The topological polar surface area (TPSA) is 33.2 Å². The standard InChI is InChI=1S/C21H28N2O/c1-16(2)20(19-7-5-17(3)6-8-19)15-21(24)23(4)14-11-18-9-12-22-13-10-18/h5-10,12-13,16,20H,11,14-15H2,1-4H3. The summed E-state index contributed by atoms with van der Waals surface area (Å²) in [5, 5.41) is 0. The third kappa shape index (κ3) is 5.19. The molecule has 0 N–H and O–H groups in total. The molecule has 0 aliphatic rings. The summed E-state index contributed by atoms with van der Waals surface area (Å²) in [7, 11) is 1.90. The molecule has 1 atom stereocenters. The Morgan fingerprint density at radius 2 is 1.71 bits per heavy atom. The molecular weight excluding hydrogens is 296 g/mol. The van der Waals surface area contributed by atoms with Crippen molar-refractivity contribution in [1.82, 2.24) is 9.88 Å². The van der Waals surface area contributed by atoms with E-state index in [1.807, 2.05) is 24.1 Å². The van der Waals surface area contributed by atoms with E-state index in [1.54, 1.807) is 12.4 Å². The van der Waals surface area contributed by atoms with E-state index in [1.165, 1.54) is 16.7 Å². The van der Waals surface area contributed by atoms with Crippen LogP contribution in [-0.4, -0.2) is 29.4 Å². The predicted octanol–water partition coefficient (Wildman–Crippen LogP) is 4.22. The molecule has 1 heterocycles. The zero-order chi connectivity index (χ0) is 17.5. The molecule has 1 amide bonds. The maximum atomic E-state index is 12.6. The van der Waals surface area contributed by atoms with Gasteiger partial charge in [-0.1, -0.05) is 43.7 Å². The van der Waals surface area contributed by atoms with Crippen molar-refractivity contribution < 1.29 is 4.79 Å².